The van der Waals surface area contributed by atoms with E-state index in [1.165, 1.54) is 29.3 Å². The predicted molar refractivity (Wildman–Crippen MR) is 122 cm³/mol. The van der Waals surface area contributed by atoms with Crippen LogP contribution < -0.4 is 27.6 Å². The Morgan fingerprint density at radius 3 is 2.52 bits per heavy atom. The average Bonchev–Trinajstić information content (AvgIpc) is 3.22. The highest BCUT2D eigenvalue weighted by Gasteiger charge is 2.18. The van der Waals surface area contributed by atoms with E-state index in [-0.39, 0.29) is 11.6 Å². The van der Waals surface area contributed by atoms with Crippen LogP contribution in [0.1, 0.15) is 41.6 Å². The highest BCUT2D eigenvalue weighted by molar-refractivity contribution is 5.92. The van der Waals surface area contributed by atoms with Gasteiger partial charge in [-0.05, 0) is 56.4 Å². The summed E-state index contributed by atoms with van der Waals surface area (Å²) in [7, 11) is 0. The molecule has 0 atom stereocenters. The fraction of sp³-hybridized carbons (Fsp3) is 0.409. The lowest BCUT2D eigenvalue weighted by Gasteiger charge is -2.26. The highest BCUT2D eigenvalue weighted by atomic mass is 16.2. The summed E-state index contributed by atoms with van der Waals surface area (Å²) in [5.41, 5.74) is 13.7. The van der Waals surface area contributed by atoms with Crippen LogP contribution in [0.4, 0.5) is 11.6 Å². The fourth-order valence-corrected chi connectivity index (χ4v) is 3.73. The van der Waals surface area contributed by atoms with Crippen molar-refractivity contribution in [1.82, 2.24) is 25.6 Å². The molecule has 2 aromatic rings. The van der Waals surface area contributed by atoms with Crippen LogP contribution in [0.5, 0.6) is 0 Å². The van der Waals surface area contributed by atoms with Crippen LogP contribution in [0.15, 0.2) is 36.3 Å². The lowest BCUT2D eigenvalue weighted by atomic mass is 10.1. The number of anilines is 2. The molecule has 0 saturated carbocycles. The van der Waals surface area contributed by atoms with Gasteiger partial charge in [-0.3, -0.25) is 10.6 Å². The zero-order valence-corrected chi connectivity index (χ0v) is 18.2. The molecule has 9 nitrogen and oxygen atoms in total. The molecule has 0 spiro atoms. The summed E-state index contributed by atoms with van der Waals surface area (Å²) in [4.78, 5) is 22.1. The minimum atomic E-state index is -0.127. The Kier molecular flexibility index (Phi) is 7.80. The number of carbonyl (C=O) groups is 1. The number of hydrogen-bond donors (Lipinski definition) is 5. The molecule has 1 saturated heterocycles. The van der Waals surface area contributed by atoms with E-state index in [1.54, 1.807) is 4.90 Å². The second-order valence-corrected chi connectivity index (χ2v) is 7.89. The molecule has 1 fully saturated rings. The lowest BCUT2D eigenvalue weighted by molar-refractivity contribution is -0.128. The Hall–Kier alpha value is -3.17. The Balaban J connectivity index is 0.000000187. The van der Waals surface area contributed by atoms with Crippen LogP contribution >= 0.6 is 0 Å². The van der Waals surface area contributed by atoms with Gasteiger partial charge in [0.25, 0.3) is 5.91 Å². The van der Waals surface area contributed by atoms with Crippen molar-refractivity contribution in [3.8, 4) is 0 Å². The van der Waals surface area contributed by atoms with Gasteiger partial charge in [0.05, 0.1) is 5.69 Å². The van der Waals surface area contributed by atoms with E-state index >= 15 is 0 Å². The molecule has 3 heterocycles. The van der Waals surface area contributed by atoms with Crippen molar-refractivity contribution >= 4 is 17.5 Å². The van der Waals surface area contributed by atoms with Crippen LogP contribution in [-0.2, 0) is 17.9 Å². The van der Waals surface area contributed by atoms with Gasteiger partial charge in [0.2, 0.25) is 5.95 Å². The van der Waals surface area contributed by atoms with Gasteiger partial charge in [-0.2, -0.15) is 0 Å². The molecule has 0 aliphatic carbocycles. The van der Waals surface area contributed by atoms with E-state index in [0.717, 1.165) is 50.4 Å². The monoisotopic (exact) mass is 424 g/mol. The van der Waals surface area contributed by atoms with Gasteiger partial charge in [0.15, 0.2) is 0 Å². The summed E-state index contributed by atoms with van der Waals surface area (Å²) >= 11 is 0. The van der Waals surface area contributed by atoms with E-state index in [1.807, 2.05) is 6.20 Å². The number of nitrogens with two attached hydrogens (primary N) is 2. The van der Waals surface area contributed by atoms with Gasteiger partial charge < -0.3 is 26.7 Å². The molecule has 1 amide bonds. The maximum atomic E-state index is 11.5. The first kappa shape index (κ1) is 22.5. The van der Waals surface area contributed by atoms with E-state index in [2.05, 4.69) is 58.1 Å². The van der Waals surface area contributed by atoms with Gasteiger partial charge in [-0.1, -0.05) is 6.07 Å². The summed E-state index contributed by atoms with van der Waals surface area (Å²) in [6, 6.07) is 6.35. The third-order valence-corrected chi connectivity index (χ3v) is 5.17. The number of benzene rings is 1. The standard InChI is InChI=1S/C14H16N4.C8H16N4O/c1-9-3-10(2)5-12(4-9)17-14-16-7-11-6-15-8-13(11)18-14;9-7(6-11-10)8(13)12-4-2-1-3-5-12/h3-5,7,15H,6,8H2,1-2H3,(H,16,17,18);6,11H,1-5,9-10H2/b;7-6-. The minimum Gasteiger partial charge on any atom is -0.393 e. The van der Waals surface area contributed by atoms with Crippen molar-refractivity contribution in [3.05, 3.63) is 58.7 Å². The number of piperidine rings is 1. The van der Waals surface area contributed by atoms with Gasteiger partial charge in [0, 0.05) is 49.8 Å². The van der Waals surface area contributed by atoms with Crippen molar-refractivity contribution in [2.24, 2.45) is 11.6 Å². The van der Waals surface area contributed by atoms with Crippen LogP contribution in [-0.4, -0.2) is 33.9 Å². The topological polar surface area (TPSA) is 134 Å². The van der Waals surface area contributed by atoms with Gasteiger partial charge in [-0.25, -0.2) is 9.97 Å². The minimum absolute atomic E-state index is 0.127. The number of nitrogens with one attached hydrogen (secondary N) is 3. The summed E-state index contributed by atoms with van der Waals surface area (Å²) in [6.45, 7) is 7.49. The molecule has 2 aliphatic rings. The molecule has 1 aromatic carbocycles. The first-order chi connectivity index (χ1) is 15.0. The van der Waals surface area contributed by atoms with Crippen LogP contribution in [0, 0.1) is 13.8 Å². The number of hydrogen-bond acceptors (Lipinski definition) is 8. The van der Waals surface area contributed by atoms with Gasteiger partial charge in [0.1, 0.15) is 5.70 Å². The molecule has 4 rings (SSSR count). The van der Waals surface area contributed by atoms with Crippen LogP contribution in [0.3, 0.4) is 0 Å². The number of amides is 1. The Bertz CT molecular complexity index is 917. The van der Waals surface area contributed by atoms with Crippen molar-refractivity contribution in [1.29, 1.82) is 0 Å². The first-order valence-electron chi connectivity index (χ1n) is 10.6. The maximum absolute atomic E-state index is 11.5. The third-order valence-electron chi connectivity index (χ3n) is 5.17. The van der Waals surface area contributed by atoms with E-state index in [0.29, 0.717) is 5.95 Å². The summed E-state index contributed by atoms with van der Waals surface area (Å²) in [5.74, 6) is 5.56. The Morgan fingerprint density at radius 1 is 1.13 bits per heavy atom. The van der Waals surface area contributed by atoms with E-state index in [4.69, 9.17) is 11.6 Å². The van der Waals surface area contributed by atoms with Crippen LogP contribution in [0.25, 0.3) is 0 Å². The number of aromatic nitrogens is 2. The van der Waals surface area contributed by atoms with Crippen molar-refractivity contribution in [2.75, 3.05) is 18.4 Å². The molecule has 2 aliphatic heterocycles. The molecule has 0 radical (unpaired) electrons. The molecule has 7 N–H and O–H groups in total. The van der Waals surface area contributed by atoms with Crippen molar-refractivity contribution in [3.63, 3.8) is 0 Å². The number of fused-ring (bicyclic) bond motifs is 1. The second-order valence-electron chi connectivity index (χ2n) is 7.89. The molecule has 9 heteroatoms. The normalized spacial score (nSPS) is 15.6. The Morgan fingerprint density at radius 2 is 1.84 bits per heavy atom. The quantitative estimate of drug-likeness (QED) is 0.284. The number of hydrazine groups is 1. The molecule has 0 unspecified atom stereocenters. The molecular weight excluding hydrogens is 392 g/mol. The summed E-state index contributed by atoms with van der Waals surface area (Å²) in [6.07, 6.45) is 6.54. The smallest absolute Gasteiger partial charge is 0.271 e. The number of rotatable bonds is 4. The summed E-state index contributed by atoms with van der Waals surface area (Å²) < 4.78 is 0. The number of likely N-dealkylation sites (tertiary alicyclic amines) is 1. The third kappa shape index (κ3) is 6.40. The predicted octanol–water partition coefficient (Wildman–Crippen LogP) is 1.70. The van der Waals surface area contributed by atoms with Crippen molar-refractivity contribution < 1.29 is 4.79 Å². The second kappa shape index (κ2) is 10.7. The number of nitrogens with zero attached hydrogens (tertiary/aromatic N) is 3. The largest absolute Gasteiger partial charge is 0.393 e. The Labute approximate surface area is 183 Å². The van der Waals surface area contributed by atoms with Gasteiger partial charge >= 0.3 is 0 Å². The SMILES string of the molecule is Cc1cc(C)cc(Nc2ncc3c(n2)CNC3)c1.NN/C=C(\N)C(=O)N1CCCCC1. The summed E-state index contributed by atoms with van der Waals surface area (Å²) in [5, 5.41) is 6.53. The lowest BCUT2D eigenvalue weighted by Crippen LogP contribution is -2.39. The maximum Gasteiger partial charge on any atom is 0.271 e. The average molecular weight is 425 g/mol. The molecular formula is C22H32N8O. The number of aryl methyl sites for hydroxylation is 2. The number of carbonyl (C=O) groups excluding carboxylic acids is 1. The zero-order valence-electron chi connectivity index (χ0n) is 18.2. The molecule has 1 aromatic heterocycles. The van der Waals surface area contributed by atoms with E-state index < -0.39 is 0 Å². The molecule has 166 valence electrons. The fourth-order valence-electron chi connectivity index (χ4n) is 3.73. The molecule has 0 bridgehead atoms. The first-order valence-corrected chi connectivity index (χ1v) is 10.6. The van der Waals surface area contributed by atoms with Crippen LogP contribution in [0.2, 0.25) is 0 Å². The van der Waals surface area contributed by atoms with E-state index in [9.17, 15) is 4.79 Å². The van der Waals surface area contributed by atoms with Crippen molar-refractivity contribution in [2.45, 2.75) is 46.2 Å². The van der Waals surface area contributed by atoms with Gasteiger partial charge in [-0.15, -0.1) is 0 Å². The zero-order chi connectivity index (χ0) is 22.2. The highest BCUT2D eigenvalue weighted by Crippen LogP contribution is 2.19. The molecule has 31 heavy (non-hydrogen) atoms.